The second kappa shape index (κ2) is 8.64. The Morgan fingerprint density at radius 3 is 2.67 bits per heavy atom. The number of fused-ring (bicyclic) bond motifs is 2. The number of nitrogens with zero attached hydrogens (tertiary/aromatic N) is 4. The summed E-state index contributed by atoms with van der Waals surface area (Å²) in [5.41, 5.74) is 5.09. The molecule has 0 bridgehead atoms. The van der Waals surface area contributed by atoms with Crippen molar-refractivity contribution in [3.8, 4) is 0 Å². The van der Waals surface area contributed by atoms with Crippen molar-refractivity contribution in [3.63, 3.8) is 0 Å². The van der Waals surface area contributed by atoms with E-state index in [0.717, 1.165) is 22.5 Å². The van der Waals surface area contributed by atoms with E-state index >= 15 is 0 Å². The predicted octanol–water partition coefficient (Wildman–Crippen LogP) is 7.21. The van der Waals surface area contributed by atoms with Gasteiger partial charge in [-0.2, -0.15) is 10.2 Å². The molecule has 1 aromatic heterocycles. The first-order valence-corrected chi connectivity index (χ1v) is 10.9. The van der Waals surface area contributed by atoms with E-state index < -0.39 is 0 Å². The molecule has 33 heavy (non-hydrogen) atoms. The Kier molecular flexibility index (Phi) is 5.52. The number of aromatic nitrogens is 1. The monoisotopic (exact) mass is 458 g/mol. The minimum atomic E-state index is -0.377. The first-order valence-electron chi connectivity index (χ1n) is 10.5. The van der Waals surface area contributed by atoms with Crippen LogP contribution in [0.3, 0.4) is 0 Å². The molecule has 3 aromatic carbocycles. The second-order valence-electron chi connectivity index (χ2n) is 7.94. The highest BCUT2D eigenvalue weighted by atomic mass is 35.5. The van der Waals surface area contributed by atoms with Gasteiger partial charge in [0.15, 0.2) is 0 Å². The number of halogens is 2. The molecule has 4 aromatic rings. The molecule has 7 heteroatoms. The molecule has 0 fully saturated rings. The van der Waals surface area contributed by atoms with E-state index in [-0.39, 0.29) is 16.7 Å². The molecule has 5 nitrogen and oxygen atoms in total. The Bertz CT molecular complexity index is 1390. The van der Waals surface area contributed by atoms with Gasteiger partial charge in [0.05, 0.1) is 28.5 Å². The topological polar surface area (TPSA) is 50.0 Å². The van der Waals surface area contributed by atoms with Gasteiger partial charge in [-0.05, 0) is 60.5 Å². The Hall–Kier alpha value is -3.77. The fourth-order valence-corrected chi connectivity index (χ4v) is 4.21. The molecule has 0 N–H and O–H groups in total. The lowest BCUT2D eigenvalue weighted by Gasteiger charge is -2.23. The van der Waals surface area contributed by atoms with E-state index in [2.05, 4.69) is 14.8 Å². The normalized spacial score (nSPS) is 13.0. The third-order valence-electron chi connectivity index (χ3n) is 5.74. The number of hydrogen-bond acceptors (Lipinski definition) is 3. The van der Waals surface area contributed by atoms with Crippen molar-refractivity contribution in [2.45, 2.75) is 20.0 Å². The largest absolute Gasteiger partial charge is 0.345 e. The predicted molar refractivity (Wildman–Crippen MR) is 127 cm³/mol. The average molecular weight is 459 g/mol. The summed E-state index contributed by atoms with van der Waals surface area (Å²) in [6, 6.07) is 21.2. The standard InChI is InChI=1S/C26H20ClFN4O/c1-17-8-9-19(28)13-24(17)30-29-20-10-11-22(23(27)14-20)26(33)32-16-21-6-4-12-31(21)15-18-5-2-3-7-25(18)32/h2-14H,15-16H2,1H3. The van der Waals surface area contributed by atoms with Crippen LogP contribution in [0.15, 0.2) is 89.2 Å². The van der Waals surface area contributed by atoms with Crippen molar-refractivity contribution < 1.29 is 9.18 Å². The Balaban J connectivity index is 1.46. The Morgan fingerprint density at radius 2 is 1.82 bits per heavy atom. The van der Waals surface area contributed by atoms with E-state index in [1.807, 2.05) is 49.5 Å². The van der Waals surface area contributed by atoms with E-state index in [1.54, 1.807) is 29.2 Å². The van der Waals surface area contributed by atoms with E-state index in [4.69, 9.17) is 11.6 Å². The van der Waals surface area contributed by atoms with Gasteiger partial charge >= 0.3 is 0 Å². The minimum absolute atomic E-state index is 0.188. The van der Waals surface area contributed by atoms with E-state index in [1.165, 1.54) is 12.1 Å². The number of hydrogen-bond donors (Lipinski definition) is 0. The molecule has 0 aliphatic carbocycles. The molecular weight excluding hydrogens is 439 g/mol. The summed E-state index contributed by atoms with van der Waals surface area (Å²) in [4.78, 5) is 15.3. The van der Waals surface area contributed by atoms with Gasteiger partial charge in [-0.25, -0.2) is 4.39 Å². The van der Waals surface area contributed by atoms with Crippen molar-refractivity contribution in [2.75, 3.05) is 4.90 Å². The molecule has 0 radical (unpaired) electrons. The third-order valence-corrected chi connectivity index (χ3v) is 6.05. The molecule has 0 spiro atoms. The fourth-order valence-electron chi connectivity index (χ4n) is 3.95. The number of anilines is 1. The summed E-state index contributed by atoms with van der Waals surface area (Å²) in [7, 11) is 0. The second-order valence-corrected chi connectivity index (χ2v) is 8.35. The van der Waals surface area contributed by atoms with Gasteiger partial charge in [-0.3, -0.25) is 4.79 Å². The van der Waals surface area contributed by atoms with Crippen LogP contribution >= 0.6 is 11.6 Å². The van der Waals surface area contributed by atoms with E-state index in [0.29, 0.717) is 30.0 Å². The molecule has 1 aliphatic heterocycles. The SMILES string of the molecule is Cc1ccc(F)cc1N=Nc1ccc(C(=O)N2Cc3cccn3Cc3ccccc32)c(Cl)c1. The molecule has 2 heterocycles. The van der Waals surface area contributed by atoms with Crippen molar-refractivity contribution in [3.05, 3.63) is 112 Å². The highest BCUT2D eigenvalue weighted by Crippen LogP contribution is 2.32. The van der Waals surface area contributed by atoms with Gasteiger partial charge in [-0.15, -0.1) is 0 Å². The summed E-state index contributed by atoms with van der Waals surface area (Å²) in [6.45, 7) is 2.98. The number of rotatable bonds is 3. The summed E-state index contributed by atoms with van der Waals surface area (Å²) < 4.78 is 15.6. The molecule has 0 saturated heterocycles. The maximum absolute atomic E-state index is 13.6. The van der Waals surface area contributed by atoms with Crippen LogP contribution < -0.4 is 4.90 Å². The van der Waals surface area contributed by atoms with Crippen LogP contribution in [0.25, 0.3) is 0 Å². The number of carbonyl (C=O) groups excluding carboxylic acids is 1. The molecular formula is C26H20ClFN4O. The van der Waals surface area contributed by atoms with Gasteiger partial charge in [-0.1, -0.05) is 35.9 Å². The molecule has 1 aliphatic rings. The van der Waals surface area contributed by atoms with Crippen LogP contribution in [0, 0.1) is 12.7 Å². The van der Waals surface area contributed by atoms with Gasteiger partial charge in [0, 0.05) is 30.2 Å². The van der Waals surface area contributed by atoms with Crippen LogP contribution in [0.5, 0.6) is 0 Å². The van der Waals surface area contributed by atoms with Crippen molar-refractivity contribution in [1.29, 1.82) is 0 Å². The maximum atomic E-state index is 13.6. The molecule has 5 rings (SSSR count). The van der Waals surface area contributed by atoms with Crippen LogP contribution in [0.2, 0.25) is 5.02 Å². The van der Waals surface area contributed by atoms with Gasteiger partial charge in [0.1, 0.15) is 5.82 Å². The molecule has 164 valence electrons. The van der Waals surface area contributed by atoms with Crippen LogP contribution in [0.1, 0.15) is 27.2 Å². The number of carbonyl (C=O) groups is 1. The third kappa shape index (κ3) is 4.17. The van der Waals surface area contributed by atoms with Crippen LogP contribution in [0.4, 0.5) is 21.5 Å². The Labute approximate surface area is 195 Å². The average Bonchev–Trinajstić information content (AvgIpc) is 3.18. The number of amides is 1. The smallest absolute Gasteiger partial charge is 0.260 e. The summed E-state index contributed by atoms with van der Waals surface area (Å²) in [6.07, 6.45) is 2.02. The highest BCUT2D eigenvalue weighted by Gasteiger charge is 2.26. The van der Waals surface area contributed by atoms with Crippen molar-refractivity contribution in [2.24, 2.45) is 10.2 Å². The lowest BCUT2D eigenvalue weighted by Crippen LogP contribution is -2.30. The van der Waals surface area contributed by atoms with Crippen LogP contribution in [-0.2, 0) is 13.1 Å². The molecule has 0 saturated carbocycles. The first kappa shape index (κ1) is 21.1. The van der Waals surface area contributed by atoms with Crippen molar-refractivity contribution in [1.82, 2.24) is 4.57 Å². The van der Waals surface area contributed by atoms with Gasteiger partial charge < -0.3 is 9.47 Å². The lowest BCUT2D eigenvalue weighted by atomic mass is 10.1. The fraction of sp³-hybridized carbons (Fsp3) is 0.115. The van der Waals surface area contributed by atoms with Gasteiger partial charge in [0.2, 0.25) is 0 Å². The zero-order valence-electron chi connectivity index (χ0n) is 17.9. The lowest BCUT2D eigenvalue weighted by molar-refractivity contribution is 0.0985. The number of aryl methyl sites for hydroxylation is 1. The summed E-state index contributed by atoms with van der Waals surface area (Å²) in [5.74, 6) is -0.566. The molecule has 1 amide bonds. The zero-order valence-corrected chi connectivity index (χ0v) is 18.6. The van der Waals surface area contributed by atoms with Crippen LogP contribution in [-0.4, -0.2) is 10.5 Å². The van der Waals surface area contributed by atoms with E-state index in [9.17, 15) is 9.18 Å². The minimum Gasteiger partial charge on any atom is -0.345 e. The summed E-state index contributed by atoms with van der Waals surface area (Å²) in [5, 5.41) is 8.59. The van der Waals surface area contributed by atoms with Gasteiger partial charge in [0.25, 0.3) is 5.91 Å². The van der Waals surface area contributed by atoms with Crippen molar-refractivity contribution >= 4 is 34.6 Å². The molecule has 0 atom stereocenters. The quantitative estimate of drug-likeness (QED) is 0.299. The number of para-hydroxylation sites is 1. The number of benzene rings is 3. The zero-order chi connectivity index (χ0) is 22.9. The maximum Gasteiger partial charge on any atom is 0.260 e. The first-order chi connectivity index (χ1) is 16.0. The summed E-state index contributed by atoms with van der Waals surface area (Å²) >= 11 is 6.51. The number of azo groups is 1. The highest BCUT2D eigenvalue weighted by molar-refractivity contribution is 6.34. The molecule has 0 unspecified atom stereocenters. The Morgan fingerprint density at radius 1 is 0.970 bits per heavy atom.